The molecule has 3 rings (SSSR count). The van der Waals surface area contributed by atoms with Crippen LogP contribution in [0.25, 0.3) is 0 Å². The molecule has 0 radical (unpaired) electrons. The lowest BCUT2D eigenvalue weighted by molar-refractivity contribution is 0.140. The number of amides is 2. The maximum absolute atomic E-state index is 13.0. The highest BCUT2D eigenvalue weighted by molar-refractivity contribution is 5.90. The normalized spacial score (nSPS) is 14.1. The number of benzene rings is 2. The van der Waals surface area contributed by atoms with Gasteiger partial charge in [-0.15, -0.1) is 0 Å². The number of ether oxygens (including phenoxy) is 2. The van der Waals surface area contributed by atoms with Crippen molar-refractivity contribution < 1.29 is 14.3 Å². The second-order valence-corrected chi connectivity index (χ2v) is 9.83. The molecule has 0 spiro atoms. The van der Waals surface area contributed by atoms with Crippen molar-refractivity contribution in [2.75, 3.05) is 56.7 Å². The predicted octanol–water partition coefficient (Wildman–Crippen LogP) is 5.16. The average Bonchev–Trinajstić information content (AvgIpc) is 2.81. The summed E-state index contributed by atoms with van der Waals surface area (Å²) in [6.07, 6.45) is 0. The van der Waals surface area contributed by atoms with Crippen molar-refractivity contribution in [1.82, 2.24) is 9.80 Å². The molecule has 1 heterocycles. The fourth-order valence-corrected chi connectivity index (χ4v) is 4.75. The third kappa shape index (κ3) is 7.04. The number of urea groups is 1. The fraction of sp³-hybridized carbons (Fsp3) is 0.536. The molecule has 35 heavy (non-hydrogen) atoms. The zero-order valence-corrected chi connectivity index (χ0v) is 22.4. The molecule has 2 amide bonds. The number of hydrogen-bond donors (Lipinski definition) is 1. The van der Waals surface area contributed by atoms with E-state index in [9.17, 15) is 4.79 Å². The van der Waals surface area contributed by atoms with Crippen molar-refractivity contribution >= 4 is 17.4 Å². The van der Waals surface area contributed by atoms with Crippen LogP contribution in [0.4, 0.5) is 16.2 Å². The summed E-state index contributed by atoms with van der Waals surface area (Å²) in [6.45, 7) is 17.4. The molecule has 0 bridgehead atoms. The minimum atomic E-state index is -0.0906. The molecule has 7 heteroatoms. The third-order valence-electron chi connectivity index (χ3n) is 6.61. The molecule has 0 unspecified atom stereocenters. The SMILES string of the molecule is COc1ccc(NC(=O)N2CCN(c3ccc(C)cc3C)CC2)cc1OCCN(C(C)C)C(C)C. The van der Waals surface area contributed by atoms with Gasteiger partial charge in [0.25, 0.3) is 0 Å². The van der Waals surface area contributed by atoms with Crippen LogP contribution in [0.1, 0.15) is 38.8 Å². The first-order chi connectivity index (χ1) is 16.7. The molecule has 2 aromatic rings. The average molecular weight is 483 g/mol. The maximum Gasteiger partial charge on any atom is 0.321 e. The number of carbonyl (C=O) groups excluding carboxylic acids is 1. The summed E-state index contributed by atoms with van der Waals surface area (Å²) in [5, 5.41) is 3.03. The van der Waals surface area contributed by atoms with E-state index < -0.39 is 0 Å². The summed E-state index contributed by atoms with van der Waals surface area (Å²) in [7, 11) is 1.63. The topological polar surface area (TPSA) is 57.3 Å². The van der Waals surface area contributed by atoms with Crippen molar-refractivity contribution in [1.29, 1.82) is 0 Å². The Morgan fingerprint density at radius 2 is 1.66 bits per heavy atom. The molecule has 0 aromatic heterocycles. The Kier molecular flexibility index (Phi) is 9.26. The van der Waals surface area contributed by atoms with Crippen LogP contribution in [0.2, 0.25) is 0 Å². The van der Waals surface area contributed by atoms with Crippen LogP contribution >= 0.6 is 0 Å². The number of nitrogens with one attached hydrogen (secondary N) is 1. The monoisotopic (exact) mass is 482 g/mol. The van der Waals surface area contributed by atoms with Crippen molar-refractivity contribution in [3.8, 4) is 11.5 Å². The van der Waals surface area contributed by atoms with E-state index >= 15 is 0 Å². The lowest BCUT2D eigenvalue weighted by Gasteiger charge is -2.36. The Morgan fingerprint density at radius 1 is 0.971 bits per heavy atom. The summed E-state index contributed by atoms with van der Waals surface area (Å²) in [6, 6.07) is 12.9. The van der Waals surface area contributed by atoms with Gasteiger partial charge >= 0.3 is 6.03 Å². The van der Waals surface area contributed by atoms with Gasteiger partial charge in [0.2, 0.25) is 0 Å². The van der Waals surface area contributed by atoms with E-state index in [4.69, 9.17) is 9.47 Å². The molecule has 0 atom stereocenters. The van der Waals surface area contributed by atoms with E-state index in [0.717, 1.165) is 19.6 Å². The predicted molar refractivity (Wildman–Crippen MR) is 144 cm³/mol. The van der Waals surface area contributed by atoms with E-state index in [1.165, 1.54) is 16.8 Å². The second-order valence-electron chi connectivity index (χ2n) is 9.83. The van der Waals surface area contributed by atoms with Crippen LogP contribution < -0.4 is 19.7 Å². The van der Waals surface area contributed by atoms with Crippen LogP contribution in [-0.4, -0.2) is 74.4 Å². The van der Waals surface area contributed by atoms with E-state index in [-0.39, 0.29) is 6.03 Å². The van der Waals surface area contributed by atoms with Crippen LogP contribution in [0.5, 0.6) is 11.5 Å². The fourth-order valence-electron chi connectivity index (χ4n) is 4.75. The van der Waals surface area contributed by atoms with Crippen molar-refractivity contribution in [2.24, 2.45) is 0 Å². The summed E-state index contributed by atoms with van der Waals surface area (Å²) >= 11 is 0. The number of anilines is 2. The summed E-state index contributed by atoms with van der Waals surface area (Å²) in [5.74, 6) is 1.29. The third-order valence-corrected chi connectivity index (χ3v) is 6.61. The molecule has 2 aromatic carbocycles. The zero-order chi connectivity index (χ0) is 25.5. The van der Waals surface area contributed by atoms with Gasteiger partial charge in [-0.3, -0.25) is 4.90 Å². The molecular formula is C28H42N4O3. The lowest BCUT2D eigenvalue weighted by Crippen LogP contribution is -2.50. The van der Waals surface area contributed by atoms with Crippen LogP contribution in [0, 0.1) is 13.8 Å². The number of methoxy groups -OCH3 is 1. The molecule has 1 aliphatic heterocycles. The van der Waals surface area contributed by atoms with Crippen LogP contribution in [-0.2, 0) is 0 Å². The summed E-state index contributed by atoms with van der Waals surface area (Å²) in [5.41, 5.74) is 4.50. The largest absolute Gasteiger partial charge is 0.493 e. The first kappa shape index (κ1) is 26.7. The molecule has 1 aliphatic rings. The molecule has 7 nitrogen and oxygen atoms in total. The molecule has 1 saturated heterocycles. The number of hydrogen-bond acceptors (Lipinski definition) is 5. The summed E-state index contributed by atoms with van der Waals surface area (Å²) in [4.78, 5) is 19.6. The van der Waals surface area contributed by atoms with Crippen molar-refractivity contribution in [2.45, 2.75) is 53.6 Å². The Balaban J connectivity index is 1.57. The molecule has 1 N–H and O–H groups in total. The lowest BCUT2D eigenvalue weighted by atomic mass is 10.1. The number of nitrogens with zero attached hydrogens (tertiary/aromatic N) is 3. The van der Waals surface area contributed by atoms with Gasteiger partial charge in [0.15, 0.2) is 11.5 Å². The molecular weight excluding hydrogens is 440 g/mol. The van der Waals surface area contributed by atoms with Crippen LogP contribution in [0.3, 0.4) is 0 Å². The smallest absolute Gasteiger partial charge is 0.321 e. The van der Waals surface area contributed by atoms with Crippen LogP contribution in [0.15, 0.2) is 36.4 Å². The van der Waals surface area contributed by atoms with Crippen molar-refractivity contribution in [3.05, 3.63) is 47.5 Å². The summed E-state index contributed by atoms with van der Waals surface area (Å²) < 4.78 is 11.5. The second kappa shape index (κ2) is 12.2. The first-order valence-corrected chi connectivity index (χ1v) is 12.6. The van der Waals surface area contributed by atoms with E-state index in [0.29, 0.717) is 49.0 Å². The Hall–Kier alpha value is -2.93. The minimum absolute atomic E-state index is 0.0906. The highest BCUT2D eigenvalue weighted by atomic mass is 16.5. The minimum Gasteiger partial charge on any atom is -0.493 e. The van der Waals surface area contributed by atoms with Gasteiger partial charge in [0.05, 0.1) is 7.11 Å². The Labute approximate surface area is 211 Å². The highest BCUT2D eigenvalue weighted by Gasteiger charge is 2.22. The molecule has 0 aliphatic carbocycles. The van der Waals surface area contributed by atoms with Gasteiger partial charge in [-0.25, -0.2) is 4.79 Å². The van der Waals surface area contributed by atoms with Gasteiger partial charge in [-0.05, 0) is 65.3 Å². The maximum atomic E-state index is 13.0. The van der Waals surface area contributed by atoms with Gasteiger partial charge in [0, 0.05) is 62.2 Å². The molecule has 1 fully saturated rings. The van der Waals surface area contributed by atoms with Gasteiger partial charge in [-0.1, -0.05) is 17.7 Å². The van der Waals surface area contributed by atoms with E-state index in [1.807, 2.05) is 23.1 Å². The standard InChI is InChI=1S/C28H42N4O3/c1-20(2)32(21(3)4)16-17-35-27-19-24(9-11-26(27)34-7)29-28(33)31-14-12-30(13-15-31)25-10-8-22(5)18-23(25)6/h8-11,18-21H,12-17H2,1-7H3,(H,29,33). The molecule has 192 valence electrons. The van der Waals surface area contributed by atoms with Crippen molar-refractivity contribution in [3.63, 3.8) is 0 Å². The quantitative estimate of drug-likeness (QED) is 0.535. The number of carbonyl (C=O) groups is 1. The van der Waals surface area contributed by atoms with E-state index in [2.05, 4.69) is 74.9 Å². The number of piperazine rings is 1. The first-order valence-electron chi connectivity index (χ1n) is 12.6. The van der Waals surface area contributed by atoms with Gasteiger partial charge in [0.1, 0.15) is 6.61 Å². The Morgan fingerprint density at radius 3 is 2.26 bits per heavy atom. The Bertz CT molecular complexity index is 976. The van der Waals surface area contributed by atoms with E-state index in [1.54, 1.807) is 7.11 Å². The highest BCUT2D eigenvalue weighted by Crippen LogP contribution is 2.30. The number of aryl methyl sites for hydroxylation is 2. The van der Waals surface area contributed by atoms with Gasteiger partial charge in [-0.2, -0.15) is 0 Å². The number of rotatable bonds is 9. The molecule has 0 saturated carbocycles. The zero-order valence-electron chi connectivity index (χ0n) is 22.4. The van der Waals surface area contributed by atoms with Gasteiger partial charge < -0.3 is 24.6 Å².